The molecule has 2 aromatic carbocycles. The van der Waals surface area contributed by atoms with Crippen LogP contribution >= 0.6 is 24.0 Å². The molecule has 0 heterocycles. The number of nitrogens with one attached hydrogen (secondary N) is 1. The summed E-state index contributed by atoms with van der Waals surface area (Å²) in [6.45, 7) is 4.01. The number of anilines is 1. The molecule has 0 saturated heterocycles. The zero-order valence-electron chi connectivity index (χ0n) is 13.8. The summed E-state index contributed by atoms with van der Waals surface area (Å²) < 4.78 is 0. The van der Waals surface area contributed by atoms with E-state index in [4.69, 9.17) is 11.6 Å². The molecule has 1 atom stereocenters. The lowest BCUT2D eigenvalue weighted by atomic mass is 10.0. The summed E-state index contributed by atoms with van der Waals surface area (Å²) in [5, 5.41) is 3.35. The second kappa shape index (κ2) is 9.99. The third-order valence-electron chi connectivity index (χ3n) is 3.57. The number of nitrogens with zero attached hydrogens (tertiary/aromatic N) is 1. The van der Waals surface area contributed by atoms with E-state index in [1.54, 1.807) is 37.4 Å². The van der Waals surface area contributed by atoms with Crippen molar-refractivity contribution in [3.63, 3.8) is 0 Å². The number of likely N-dealkylation sites (N-methyl/N-ethyl adjacent to an activating group) is 1. The number of hydrogen-bond donors (Lipinski definition) is 1. The summed E-state index contributed by atoms with van der Waals surface area (Å²) in [4.78, 5) is 27.1. The largest absolute Gasteiger partial charge is 0.307 e. The van der Waals surface area contributed by atoms with Crippen LogP contribution in [0.4, 0.5) is 5.69 Å². The number of halogens is 2. The molecule has 1 N–H and O–H groups in total. The van der Waals surface area contributed by atoms with Crippen molar-refractivity contribution < 1.29 is 9.59 Å². The predicted molar refractivity (Wildman–Crippen MR) is 105 cm³/mol. The average Bonchev–Trinajstić information content (AvgIpc) is 2.61. The van der Waals surface area contributed by atoms with Gasteiger partial charge in [-0.3, -0.25) is 9.59 Å². The molecule has 0 aliphatic carbocycles. The van der Waals surface area contributed by atoms with Crippen LogP contribution in [0, 0.1) is 0 Å². The molecule has 0 aromatic heterocycles. The second-order valence-corrected chi connectivity index (χ2v) is 5.60. The second-order valence-electron chi connectivity index (χ2n) is 5.17. The molecule has 1 amide bonds. The van der Waals surface area contributed by atoms with E-state index in [2.05, 4.69) is 11.9 Å². The van der Waals surface area contributed by atoms with Crippen molar-refractivity contribution in [2.24, 2.45) is 0 Å². The number of hydrogen-bond acceptors (Lipinski definition) is 3. The van der Waals surface area contributed by atoms with Gasteiger partial charge in [0.05, 0.1) is 0 Å². The fourth-order valence-corrected chi connectivity index (χ4v) is 2.49. The van der Waals surface area contributed by atoms with Crippen LogP contribution in [0.3, 0.4) is 0 Å². The summed E-state index contributed by atoms with van der Waals surface area (Å²) in [5.74, 6) is -0.632. The first kappa shape index (κ1) is 20.9. The van der Waals surface area contributed by atoms with Gasteiger partial charge in [0.2, 0.25) is 0 Å². The first-order valence-electron chi connectivity index (χ1n) is 7.53. The van der Waals surface area contributed by atoms with E-state index in [1.165, 1.54) is 4.90 Å². The molecule has 132 valence electrons. The minimum Gasteiger partial charge on any atom is -0.307 e. The molecular weight excluding hydrogens is 359 g/mol. The molecular formula is C19H20Cl2N2O2. The Bertz CT molecular complexity index is 718. The Labute approximate surface area is 158 Å². The van der Waals surface area contributed by atoms with Crippen LogP contribution in [0.5, 0.6) is 0 Å². The Balaban J connectivity index is 0.00000312. The van der Waals surface area contributed by atoms with Gasteiger partial charge in [0.25, 0.3) is 5.91 Å². The summed E-state index contributed by atoms with van der Waals surface area (Å²) >= 11 is 5.85. The van der Waals surface area contributed by atoms with Crippen LogP contribution in [0.25, 0.3) is 0 Å². The number of amides is 1. The number of para-hydroxylation sites is 1. The molecule has 0 aliphatic heterocycles. The molecule has 0 radical (unpaired) electrons. The number of rotatable bonds is 7. The highest BCUT2D eigenvalue weighted by molar-refractivity contribution is 6.30. The van der Waals surface area contributed by atoms with Gasteiger partial charge in [-0.15, -0.1) is 19.0 Å². The number of carbonyl (C=O) groups is 2. The van der Waals surface area contributed by atoms with E-state index in [9.17, 15) is 9.59 Å². The number of Topliss-reactive ketones (excluding diaryl/α,β-unsaturated/α-hetero) is 1. The normalized spacial score (nSPS) is 11.1. The highest BCUT2D eigenvalue weighted by atomic mass is 35.5. The predicted octanol–water partition coefficient (Wildman–Crippen LogP) is 3.75. The molecule has 1 unspecified atom stereocenters. The summed E-state index contributed by atoms with van der Waals surface area (Å²) in [6, 6.07) is 14.7. The SMILES string of the molecule is C=CCN(C(=O)C(NC)C(=O)c1ccc(Cl)cc1)c1ccccc1.Cl. The first-order chi connectivity index (χ1) is 11.6. The average molecular weight is 379 g/mol. The fourth-order valence-electron chi connectivity index (χ4n) is 2.36. The highest BCUT2D eigenvalue weighted by Gasteiger charge is 2.30. The van der Waals surface area contributed by atoms with Gasteiger partial charge in [-0.25, -0.2) is 0 Å². The standard InChI is InChI=1S/C19H19ClN2O2.ClH/c1-3-13-22(16-7-5-4-6-8-16)19(24)17(21-2)18(23)14-9-11-15(20)12-10-14;/h3-12,17,21H,1,13H2,2H3;1H. The molecule has 0 bridgehead atoms. The van der Waals surface area contributed by atoms with Gasteiger partial charge in [-0.05, 0) is 43.4 Å². The van der Waals surface area contributed by atoms with Crippen molar-refractivity contribution in [2.45, 2.75) is 6.04 Å². The Hall–Kier alpha value is -2.14. The van der Waals surface area contributed by atoms with Gasteiger partial charge in [0.15, 0.2) is 11.8 Å². The van der Waals surface area contributed by atoms with Crippen molar-refractivity contribution in [3.8, 4) is 0 Å². The van der Waals surface area contributed by atoms with Crippen molar-refractivity contribution in [1.29, 1.82) is 0 Å². The third kappa shape index (κ3) is 5.16. The van der Waals surface area contributed by atoms with Crippen LogP contribution in [-0.2, 0) is 4.79 Å². The molecule has 0 spiro atoms. The van der Waals surface area contributed by atoms with Crippen LogP contribution < -0.4 is 10.2 Å². The molecule has 6 heteroatoms. The maximum Gasteiger partial charge on any atom is 0.252 e. The molecule has 4 nitrogen and oxygen atoms in total. The minimum atomic E-state index is -0.980. The smallest absolute Gasteiger partial charge is 0.252 e. The van der Waals surface area contributed by atoms with Crippen LogP contribution in [-0.4, -0.2) is 31.3 Å². The molecule has 0 aliphatic rings. The molecule has 0 fully saturated rings. The Morgan fingerprint density at radius 2 is 1.76 bits per heavy atom. The third-order valence-corrected chi connectivity index (χ3v) is 3.82. The van der Waals surface area contributed by atoms with Crippen molar-refractivity contribution >= 4 is 41.4 Å². The van der Waals surface area contributed by atoms with Crippen molar-refractivity contribution in [1.82, 2.24) is 5.32 Å². The Kier molecular flexibility index (Phi) is 8.35. The van der Waals surface area contributed by atoms with Crippen molar-refractivity contribution in [3.05, 3.63) is 77.8 Å². The number of ketones is 1. The first-order valence-corrected chi connectivity index (χ1v) is 7.90. The lowest BCUT2D eigenvalue weighted by molar-refractivity contribution is -0.119. The quantitative estimate of drug-likeness (QED) is 0.453. The van der Waals surface area contributed by atoms with E-state index < -0.39 is 6.04 Å². The maximum atomic E-state index is 12.9. The fraction of sp³-hybridized carbons (Fsp3) is 0.158. The maximum absolute atomic E-state index is 12.9. The van der Waals surface area contributed by atoms with Crippen LogP contribution in [0.2, 0.25) is 5.02 Å². The molecule has 2 aromatic rings. The zero-order valence-corrected chi connectivity index (χ0v) is 15.4. The van der Waals surface area contributed by atoms with Gasteiger partial charge in [-0.1, -0.05) is 35.9 Å². The van der Waals surface area contributed by atoms with Gasteiger partial charge in [0.1, 0.15) is 0 Å². The summed E-state index contributed by atoms with van der Waals surface area (Å²) in [5.41, 5.74) is 1.14. The van der Waals surface area contributed by atoms with Crippen LogP contribution in [0.1, 0.15) is 10.4 Å². The zero-order chi connectivity index (χ0) is 17.5. The lowest BCUT2D eigenvalue weighted by Gasteiger charge is -2.25. The topological polar surface area (TPSA) is 49.4 Å². The van der Waals surface area contributed by atoms with E-state index in [0.717, 1.165) is 0 Å². The summed E-state index contributed by atoms with van der Waals surface area (Å²) in [7, 11) is 1.59. The van der Waals surface area contributed by atoms with Gasteiger partial charge in [0, 0.05) is 22.8 Å². The monoisotopic (exact) mass is 378 g/mol. The summed E-state index contributed by atoms with van der Waals surface area (Å²) in [6.07, 6.45) is 1.63. The molecule has 2 rings (SSSR count). The van der Waals surface area contributed by atoms with Gasteiger partial charge < -0.3 is 10.2 Å². The number of carbonyl (C=O) groups excluding carboxylic acids is 2. The Morgan fingerprint density at radius 3 is 2.28 bits per heavy atom. The van der Waals surface area contributed by atoms with Gasteiger partial charge in [-0.2, -0.15) is 0 Å². The molecule has 0 saturated carbocycles. The van der Waals surface area contributed by atoms with Crippen molar-refractivity contribution in [2.75, 3.05) is 18.5 Å². The van der Waals surface area contributed by atoms with E-state index in [1.807, 2.05) is 30.3 Å². The van der Waals surface area contributed by atoms with Crippen LogP contribution in [0.15, 0.2) is 67.3 Å². The minimum absolute atomic E-state index is 0. The lowest BCUT2D eigenvalue weighted by Crippen LogP contribution is -2.50. The molecule has 25 heavy (non-hydrogen) atoms. The Morgan fingerprint density at radius 1 is 1.16 bits per heavy atom. The number of benzene rings is 2. The van der Waals surface area contributed by atoms with E-state index in [-0.39, 0.29) is 24.1 Å². The van der Waals surface area contributed by atoms with Gasteiger partial charge >= 0.3 is 0 Å². The van der Waals surface area contributed by atoms with E-state index >= 15 is 0 Å². The highest BCUT2D eigenvalue weighted by Crippen LogP contribution is 2.17. The van der Waals surface area contributed by atoms with E-state index in [0.29, 0.717) is 22.8 Å².